The molecule has 1 fully saturated rings. The maximum atomic E-state index is 10.9. The third kappa shape index (κ3) is 5.71. The summed E-state index contributed by atoms with van der Waals surface area (Å²) >= 11 is 0. The lowest BCUT2D eigenvalue weighted by Gasteiger charge is -2.42. The van der Waals surface area contributed by atoms with E-state index >= 15 is 0 Å². The first kappa shape index (κ1) is 23.8. The number of aliphatic hydroxyl groups excluding tert-OH is 1. The van der Waals surface area contributed by atoms with Crippen LogP contribution < -0.4 is 9.47 Å². The highest BCUT2D eigenvalue weighted by Crippen LogP contribution is 2.54. The van der Waals surface area contributed by atoms with Gasteiger partial charge in [-0.1, -0.05) is 55.1 Å². The Morgan fingerprint density at radius 2 is 1.68 bits per heavy atom. The highest BCUT2D eigenvalue weighted by Gasteiger charge is 2.43. The van der Waals surface area contributed by atoms with Gasteiger partial charge in [-0.2, -0.15) is 8.61 Å². The van der Waals surface area contributed by atoms with Gasteiger partial charge in [-0.05, 0) is 36.0 Å². The Hall–Kier alpha value is -1.81. The Morgan fingerprint density at radius 3 is 2.29 bits per heavy atom. The standard InChI is InChI=1S/C23H34N2O5S/c1-17(2)5-6-18-7-9-19(10-8-18)14-24-16-23(26)25(31(24,27)28)15-20-11-12-21(29-3)13-22(20)30-4/h7-13,17,23,26-28H,5-6,14-16H2,1-4H3. The maximum absolute atomic E-state index is 10.9. The van der Waals surface area contributed by atoms with Crippen LogP contribution >= 0.6 is 11.0 Å². The molecule has 0 radical (unpaired) electrons. The summed E-state index contributed by atoms with van der Waals surface area (Å²) in [7, 11) is -0.193. The fraction of sp³-hybridized carbons (Fsp3) is 0.478. The molecular formula is C23H34N2O5S. The van der Waals surface area contributed by atoms with Crippen molar-refractivity contribution in [3.05, 3.63) is 59.2 Å². The molecule has 8 heteroatoms. The van der Waals surface area contributed by atoms with Gasteiger partial charge in [0.15, 0.2) is 0 Å². The van der Waals surface area contributed by atoms with E-state index in [2.05, 4.69) is 26.0 Å². The third-order valence-corrected chi connectivity index (χ3v) is 7.55. The van der Waals surface area contributed by atoms with Crippen molar-refractivity contribution in [2.24, 2.45) is 5.92 Å². The second-order valence-electron chi connectivity index (χ2n) is 8.30. The lowest BCUT2D eigenvalue weighted by Crippen LogP contribution is -2.32. The molecule has 172 valence electrons. The maximum Gasteiger partial charge on any atom is 0.140 e. The van der Waals surface area contributed by atoms with Crippen molar-refractivity contribution in [1.82, 2.24) is 8.61 Å². The predicted octanol–water partition coefficient (Wildman–Crippen LogP) is 4.51. The number of nitrogens with zero attached hydrogens (tertiary/aromatic N) is 2. The monoisotopic (exact) mass is 450 g/mol. The fourth-order valence-corrected chi connectivity index (χ4v) is 5.31. The van der Waals surface area contributed by atoms with Gasteiger partial charge in [0.05, 0.1) is 27.3 Å². The molecule has 0 spiro atoms. The van der Waals surface area contributed by atoms with Gasteiger partial charge in [-0.25, -0.2) is 0 Å². The van der Waals surface area contributed by atoms with Crippen LogP contribution in [0.3, 0.4) is 0 Å². The number of benzene rings is 2. The van der Waals surface area contributed by atoms with E-state index in [1.165, 1.54) is 14.2 Å². The minimum absolute atomic E-state index is 0.140. The second kappa shape index (κ2) is 10.2. The zero-order valence-electron chi connectivity index (χ0n) is 18.7. The lowest BCUT2D eigenvalue weighted by atomic mass is 10.0. The molecule has 0 amide bonds. The first-order valence-electron chi connectivity index (χ1n) is 10.5. The number of ether oxygens (including phenoxy) is 2. The number of aryl methyl sites for hydroxylation is 1. The molecule has 1 aliphatic heterocycles. The molecule has 1 heterocycles. The molecular weight excluding hydrogens is 416 g/mol. The zero-order valence-corrected chi connectivity index (χ0v) is 19.5. The quantitative estimate of drug-likeness (QED) is 0.518. The Kier molecular flexibility index (Phi) is 7.85. The number of methoxy groups -OCH3 is 2. The summed E-state index contributed by atoms with van der Waals surface area (Å²) in [5.74, 6) is 1.87. The van der Waals surface area contributed by atoms with E-state index in [0.29, 0.717) is 24.0 Å². The molecule has 1 aliphatic rings. The number of hydrogen-bond donors (Lipinski definition) is 3. The van der Waals surface area contributed by atoms with Crippen LogP contribution in [0.4, 0.5) is 0 Å². The summed E-state index contributed by atoms with van der Waals surface area (Å²) in [4.78, 5) is 0. The molecule has 2 aromatic rings. The van der Waals surface area contributed by atoms with E-state index in [1.54, 1.807) is 32.4 Å². The van der Waals surface area contributed by atoms with Crippen LogP contribution in [0.25, 0.3) is 0 Å². The summed E-state index contributed by atoms with van der Waals surface area (Å²) in [5.41, 5.74) is 2.99. The smallest absolute Gasteiger partial charge is 0.140 e. The van der Waals surface area contributed by atoms with Gasteiger partial charge >= 0.3 is 0 Å². The summed E-state index contributed by atoms with van der Waals surface area (Å²) in [6.07, 6.45) is 1.18. The van der Waals surface area contributed by atoms with Crippen molar-refractivity contribution < 1.29 is 23.7 Å². The molecule has 3 N–H and O–H groups in total. The molecule has 0 aliphatic carbocycles. The Morgan fingerprint density at radius 1 is 1.00 bits per heavy atom. The zero-order chi connectivity index (χ0) is 22.6. The first-order valence-corrected chi connectivity index (χ1v) is 12.0. The fourth-order valence-electron chi connectivity index (χ4n) is 3.65. The van der Waals surface area contributed by atoms with E-state index in [9.17, 15) is 14.2 Å². The van der Waals surface area contributed by atoms with Gasteiger partial charge in [0.25, 0.3) is 0 Å². The Balaban J connectivity index is 1.70. The van der Waals surface area contributed by atoms with Gasteiger partial charge in [0.1, 0.15) is 17.7 Å². The van der Waals surface area contributed by atoms with E-state index in [4.69, 9.17) is 9.47 Å². The minimum Gasteiger partial charge on any atom is -0.497 e. The van der Waals surface area contributed by atoms with E-state index in [0.717, 1.165) is 24.0 Å². The lowest BCUT2D eigenvalue weighted by molar-refractivity contribution is 0.0681. The predicted molar refractivity (Wildman–Crippen MR) is 124 cm³/mol. The normalized spacial score (nSPS) is 20.2. The molecule has 3 rings (SSSR count). The van der Waals surface area contributed by atoms with Crippen LogP contribution in [0.1, 0.15) is 37.0 Å². The van der Waals surface area contributed by atoms with Gasteiger partial charge in [0, 0.05) is 18.2 Å². The summed E-state index contributed by atoms with van der Waals surface area (Å²) in [6.45, 7) is 5.06. The highest BCUT2D eigenvalue weighted by molar-refractivity contribution is 8.20. The number of aliphatic hydroxyl groups is 1. The summed E-state index contributed by atoms with van der Waals surface area (Å²) in [6, 6.07) is 13.6. The average Bonchev–Trinajstić information content (AvgIpc) is 2.96. The van der Waals surface area contributed by atoms with Gasteiger partial charge in [-0.15, -0.1) is 0 Å². The topological polar surface area (TPSA) is 85.6 Å². The van der Waals surface area contributed by atoms with Crippen molar-refractivity contribution in [3.63, 3.8) is 0 Å². The van der Waals surface area contributed by atoms with Gasteiger partial charge in [0.2, 0.25) is 0 Å². The first-order chi connectivity index (χ1) is 14.7. The number of rotatable bonds is 9. The molecule has 1 unspecified atom stereocenters. The van der Waals surface area contributed by atoms with Crippen molar-refractivity contribution in [1.29, 1.82) is 0 Å². The molecule has 0 bridgehead atoms. The molecule has 2 aromatic carbocycles. The third-order valence-electron chi connectivity index (χ3n) is 5.57. The van der Waals surface area contributed by atoms with E-state index < -0.39 is 17.2 Å². The molecule has 1 atom stereocenters. The summed E-state index contributed by atoms with van der Waals surface area (Å²) < 4.78 is 35.4. The number of hydrogen-bond acceptors (Lipinski definition) is 7. The van der Waals surface area contributed by atoms with Crippen molar-refractivity contribution in [3.8, 4) is 11.5 Å². The van der Waals surface area contributed by atoms with Crippen LogP contribution in [0.15, 0.2) is 42.5 Å². The molecule has 7 nitrogen and oxygen atoms in total. The van der Waals surface area contributed by atoms with Crippen molar-refractivity contribution >= 4 is 11.0 Å². The summed E-state index contributed by atoms with van der Waals surface area (Å²) in [5, 5.41) is 10.6. The van der Waals surface area contributed by atoms with Crippen molar-refractivity contribution in [2.45, 2.75) is 46.0 Å². The van der Waals surface area contributed by atoms with Gasteiger partial charge in [-0.3, -0.25) is 9.11 Å². The van der Waals surface area contributed by atoms with Crippen LogP contribution in [-0.4, -0.2) is 49.8 Å². The Labute approximate surface area is 186 Å². The van der Waals surface area contributed by atoms with Crippen LogP contribution in [-0.2, 0) is 19.5 Å². The molecule has 0 aromatic heterocycles. The largest absolute Gasteiger partial charge is 0.497 e. The van der Waals surface area contributed by atoms with Crippen LogP contribution in [0.2, 0.25) is 0 Å². The van der Waals surface area contributed by atoms with E-state index in [1.807, 2.05) is 12.1 Å². The van der Waals surface area contributed by atoms with Crippen LogP contribution in [0.5, 0.6) is 11.5 Å². The molecule has 0 saturated carbocycles. The average molecular weight is 451 g/mol. The highest BCUT2D eigenvalue weighted by atomic mass is 32.3. The van der Waals surface area contributed by atoms with Crippen LogP contribution in [0, 0.1) is 5.92 Å². The molecule has 31 heavy (non-hydrogen) atoms. The van der Waals surface area contributed by atoms with Crippen molar-refractivity contribution in [2.75, 3.05) is 20.8 Å². The minimum atomic E-state index is -3.32. The van der Waals surface area contributed by atoms with E-state index in [-0.39, 0.29) is 13.1 Å². The molecule has 1 saturated heterocycles. The number of β-amino-alcohol motifs (C(OH)–C–C–N with tert-alkyl or cyclic N) is 1. The SMILES string of the molecule is COc1ccc(CN2C(O)CN(Cc3ccc(CCC(C)C)cc3)S2(O)O)c(OC)c1. The van der Waals surface area contributed by atoms with Gasteiger partial charge < -0.3 is 14.6 Å². The second-order valence-corrected chi connectivity index (χ2v) is 10.3. The Bertz CT molecular complexity index is 860.